The molecule has 2 amide bonds. The van der Waals surface area contributed by atoms with Crippen molar-refractivity contribution in [2.75, 3.05) is 4.90 Å². The molecule has 5 heteroatoms. The van der Waals surface area contributed by atoms with Crippen LogP contribution in [-0.2, 0) is 9.59 Å². The Bertz CT molecular complexity index is 582. The molecule has 1 saturated carbocycles. The lowest BCUT2D eigenvalue weighted by molar-refractivity contribution is -0.121. The molecule has 0 radical (unpaired) electrons. The number of halogens is 1. The monoisotopic (exact) mass is 306 g/mol. The zero-order chi connectivity index (χ0) is 15.0. The molecule has 0 bridgehead atoms. The lowest BCUT2D eigenvalue weighted by atomic mass is 10.2. The molecule has 1 atom stereocenters. The Labute approximate surface area is 129 Å². The Morgan fingerprint density at radius 1 is 1.24 bits per heavy atom. The van der Waals surface area contributed by atoms with Gasteiger partial charge in [0.1, 0.15) is 0 Å². The summed E-state index contributed by atoms with van der Waals surface area (Å²) < 4.78 is 0. The Morgan fingerprint density at radius 2 is 1.95 bits per heavy atom. The standard InChI is InChI=1S/C16H19ClN2O2/c1-10-6-7-12(8-13(10)17)19-15(20)9-14(16(19)21)18-11-4-2-3-5-11/h6-8,11,14,18H,2-5,9H2,1H3/t14-/m0/s1. The van der Waals surface area contributed by atoms with Crippen LogP contribution in [0, 0.1) is 6.92 Å². The van der Waals surface area contributed by atoms with E-state index in [1.807, 2.05) is 13.0 Å². The van der Waals surface area contributed by atoms with Crippen LogP contribution in [0.25, 0.3) is 0 Å². The first kappa shape index (κ1) is 14.5. The summed E-state index contributed by atoms with van der Waals surface area (Å²) in [6.07, 6.45) is 4.82. The van der Waals surface area contributed by atoms with Crippen LogP contribution >= 0.6 is 11.6 Å². The normalized spacial score (nSPS) is 23.3. The molecule has 1 aromatic carbocycles. The number of rotatable bonds is 3. The van der Waals surface area contributed by atoms with Gasteiger partial charge in [0.05, 0.1) is 18.2 Å². The third-order valence-corrected chi connectivity index (χ3v) is 4.76. The van der Waals surface area contributed by atoms with Crippen molar-refractivity contribution in [2.45, 2.75) is 51.1 Å². The number of aryl methyl sites for hydroxylation is 1. The van der Waals surface area contributed by atoms with Crippen LogP contribution in [-0.4, -0.2) is 23.9 Å². The van der Waals surface area contributed by atoms with Crippen LogP contribution in [0.4, 0.5) is 5.69 Å². The molecule has 1 N–H and O–H groups in total. The number of hydrogen-bond donors (Lipinski definition) is 1. The predicted molar refractivity (Wildman–Crippen MR) is 82.5 cm³/mol. The Balaban J connectivity index is 1.78. The van der Waals surface area contributed by atoms with Gasteiger partial charge >= 0.3 is 0 Å². The zero-order valence-corrected chi connectivity index (χ0v) is 12.8. The van der Waals surface area contributed by atoms with Crippen LogP contribution < -0.4 is 10.2 Å². The molecule has 21 heavy (non-hydrogen) atoms. The van der Waals surface area contributed by atoms with Gasteiger partial charge in [-0.1, -0.05) is 30.5 Å². The third kappa shape index (κ3) is 2.83. The molecule has 2 aliphatic rings. The lowest BCUT2D eigenvalue weighted by Crippen LogP contribution is -2.42. The minimum absolute atomic E-state index is 0.157. The topological polar surface area (TPSA) is 49.4 Å². The number of nitrogens with zero attached hydrogens (tertiary/aromatic N) is 1. The van der Waals surface area contributed by atoms with Gasteiger partial charge in [0.2, 0.25) is 5.91 Å². The van der Waals surface area contributed by atoms with Gasteiger partial charge in [0, 0.05) is 11.1 Å². The zero-order valence-electron chi connectivity index (χ0n) is 12.1. The van der Waals surface area contributed by atoms with Crippen molar-refractivity contribution < 1.29 is 9.59 Å². The summed E-state index contributed by atoms with van der Waals surface area (Å²) in [6.45, 7) is 1.89. The largest absolute Gasteiger partial charge is 0.303 e. The third-order valence-electron chi connectivity index (χ3n) is 4.35. The van der Waals surface area contributed by atoms with Crippen LogP contribution in [0.3, 0.4) is 0 Å². The highest BCUT2D eigenvalue weighted by molar-refractivity contribution is 6.32. The second-order valence-electron chi connectivity index (χ2n) is 5.91. The van der Waals surface area contributed by atoms with Gasteiger partial charge in [-0.05, 0) is 37.5 Å². The molecule has 1 saturated heterocycles. The highest BCUT2D eigenvalue weighted by Gasteiger charge is 2.40. The van der Waals surface area contributed by atoms with Crippen LogP contribution in [0.15, 0.2) is 18.2 Å². The van der Waals surface area contributed by atoms with Crippen molar-refractivity contribution in [3.8, 4) is 0 Å². The number of nitrogens with one attached hydrogen (secondary N) is 1. The molecule has 0 spiro atoms. The van der Waals surface area contributed by atoms with E-state index in [0.29, 0.717) is 16.8 Å². The number of anilines is 1. The second-order valence-corrected chi connectivity index (χ2v) is 6.31. The van der Waals surface area contributed by atoms with E-state index in [-0.39, 0.29) is 24.3 Å². The van der Waals surface area contributed by atoms with Gasteiger partial charge in [-0.2, -0.15) is 0 Å². The highest BCUT2D eigenvalue weighted by Crippen LogP contribution is 2.28. The molecular weight excluding hydrogens is 288 g/mol. The lowest BCUT2D eigenvalue weighted by Gasteiger charge is -2.18. The van der Waals surface area contributed by atoms with Gasteiger partial charge in [0.15, 0.2) is 0 Å². The van der Waals surface area contributed by atoms with Gasteiger partial charge in [-0.3, -0.25) is 9.59 Å². The van der Waals surface area contributed by atoms with E-state index in [4.69, 9.17) is 11.6 Å². The van der Waals surface area contributed by atoms with Crippen molar-refractivity contribution in [2.24, 2.45) is 0 Å². The Kier molecular flexibility index (Phi) is 4.00. The molecule has 4 nitrogen and oxygen atoms in total. The van der Waals surface area contributed by atoms with Crippen molar-refractivity contribution in [3.05, 3.63) is 28.8 Å². The fraction of sp³-hybridized carbons (Fsp3) is 0.500. The summed E-state index contributed by atoms with van der Waals surface area (Å²) in [5, 5.41) is 3.91. The number of carbonyl (C=O) groups is 2. The first-order chi connectivity index (χ1) is 10.1. The summed E-state index contributed by atoms with van der Waals surface area (Å²) >= 11 is 6.10. The quantitative estimate of drug-likeness (QED) is 0.874. The number of hydrogen-bond acceptors (Lipinski definition) is 3. The van der Waals surface area contributed by atoms with Gasteiger partial charge in [-0.15, -0.1) is 0 Å². The van der Waals surface area contributed by atoms with Crippen LogP contribution in [0.2, 0.25) is 5.02 Å². The number of benzene rings is 1. The van der Waals surface area contributed by atoms with E-state index < -0.39 is 0 Å². The molecular formula is C16H19ClN2O2. The van der Waals surface area contributed by atoms with Crippen molar-refractivity contribution in [1.82, 2.24) is 5.32 Å². The Hall–Kier alpha value is -1.39. The summed E-state index contributed by atoms with van der Waals surface area (Å²) in [4.78, 5) is 25.9. The summed E-state index contributed by atoms with van der Waals surface area (Å²) in [5.74, 6) is -0.317. The summed E-state index contributed by atoms with van der Waals surface area (Å²) in [5.41, 5.74) is 1.50. The molecule has 3 rings (SSSR count). The minimum Gasteiger partial charge on any atom is -0.303 e. The molecule has 112 valence electrons. The first-order valence-electron chi connectivity index (χ1n) is 7.45. The fourth-order valence-electron chi connectivity index (χ4n) is 3.13. The molecule has 1 heterocycles. The van der Waals surface area contributed by atoms with E-state index in [2.05, 4.69) is 5.32 Å². The molecule has 0 aromatic heterocycles. The van der Waals surface area contributed by atoms with E-state index in [1.54, 1.807) is 12.1 Å². The van der Waals surface area contributed by atoms with Crippen molar-refractivity contribution in [3.63, 3.8) is 0 Å². The predicted octanol–water partition coefficient (Wildman–Crippen LogP) is 2.81. The average Bonchev–Trinajstić information content (AvgIpc) is 3.03. The summed E-state index contributed by atoms with van der Waals surface area (Å²) in [6, 6.07) is 5.27. The van der Waals surface area contributed by atoms with Crippen LogP contribution in [0.1, 0.15) is 37.7 Å². The molecule has 1 aromatic rings. The minimum atomic E-state index is -0.388. The van der Waals surface area contributed by atoms with E-state index in [1.165, 1.54) is 17.7 Å². The average molecular weight is 307 g/mol. The number of imide groups is 1. The maximum absolute atomic E-state index is 12.5. The van der Waals surface area contributed by atoms with Gasteiger partial charge in [0.25, 0.3) is 5.91 Å². The van der Waals surface area contributed by atoms with E-state index >= 15 is 0 Å². The maximum atomic E-state index is 12.5. The molecule has 0 unspecified atom stereocenters. The number of carbonyl (C=O) groups excluding carboxylic acids is 2. The van der Waals surface area contributed by atoms with Crippen LogP contribution in [0.5, 0.6) is 0 Å². The van der Waals surface area contributed by atoms with Crippen molar-refractivity contribution in [1.29, 1.82) is 0 Å². The molecule has 1 aliphatic heterocycles. The molecule has 2 fully saturated rings. The second kappa shape index (κ2) is 5.78. The SMILES string of the molecule is Cc1ccc(N2C(=O)C[C@H](NC3CCCC3)C2=O)cc1Cl. The van der Waals surface area contributed by atoms with Gasteiger partial charge < -0.3 is 5.32 Å². The van der Waals surface area contributed by atoms with Gasteiger partial charge in [-0.25, -0.2) is 4.90 Å². The van der Waals surface area contributed by atoms with E-state index in [9.17, 15) is 9.59 Å². The highest BCUT2D eigenvalue weighted by atomic mass is 35.5. The smallest absolute Gasteiger partial charge is 0.251 e. The van der Waals surface area contributed by atoms with E-state index in [0.717, 1.165) is 18.4 Å². The summed E-state index contributed by atoms with van der Waals surface area (Å²) in [7, 11) is 0. The Morgan fingerprint density at radius 3 is 2.62 bits per heavy atom. The maximum Gasteiger partial charge on any atom is 0.251 e. The fourth-order valence-corrected chi connectivity index (χ4v) is 3.31. The first-order valence-corrected chi connectivity index (χ1v) is 7.83. The van der Waals surface area contributed by atoms with Crippen molar-refractivity contribution >= 4 is 29.1 Å². The molecule has 1 aliphatic carbocycles. The number of amides is 2.